The summed E-state index contributed by atoms with van der Waals surface area (Å²) in [4.78, 5) is 40.2. The van der Waals surface area contributed by atoms with E-state index in [4.69, 9.17) is 0 Å². The van der Waals surface area contributed by atoms with Crippen molar-refractivity contribution in [1.29, 1.82) is 0 Å². The Labute approximate surface area is 202 Å². The van der Waals surface area contributed by atoms with Crippen molar-refractivity contribution in [1.82, 2.24) is 15.5 Å². The van der Waals surface area contributed by atoms with Gasteiger partial charge in [-0.1, -0.05) is 49.2 Å². The number of hydrogen-bond acceptors (Lipinski definition) is 3. The standard InChI is InChI=1S/C27H36N4O3/c1-18(2)24(30-25(32)22-11-7-19(3)8-12-22)26(33)31-15-5-6-21(17-31)16-28-27(34)29-23-13-9-20(4)10-14-23/h7-14,18,21,24H,5-6,15-17H2,1-4H3,(H,30,32)(H2,28,29,34)/t21-,24-/m1/s1. The Morgan fingerprint density at radius 2 is 1.59 bits per heavy atom. The predicted molar refractivity (Wildman–Crippen MR) is 135 cm³/mol. The number of carbonyl (C=O) groups excluding carboxylic acids is 3. The Bertz CT molecular complexity index is 986. The molecule has 0 bridgehead atoms. The Morgan fingerprint density at radius 3 is 2.21 bits per heavy atom. The summed E-state index contributed by atoms with van der Waals surface area (Å²) in [5, 5.41) is 8.70. The molecule has 3 N–H and O–H groups in total. The monoisotopic (exact) mass is 464 g/mol. The van der Waals surface area contributed by atoms with Gasteiger partial charge < -0.3 is 20.9 Å². The summed E-state index contributed by atoms with van der Waals surface area (Å²) in [5.41, 5.74) is 3.50. The number of carbonyl (C=O) groups is 3. The van der Waals surface area contributed by atoms with E-state index in [-0.39, 0.29) is 29.7 Å². The van der Waals surface area contributed by atoms with E-state index >= 15 is 0 Å². The number of benzene rings is 2. The SMILES string of the molecule is Cc1ccc(NC(=O)NC[C@H]2CCCN(C(=O)[C@H](NC(=O)c3ccc(C)cc3)C(C)C)C2)cc1. The molecule has 1 aliphatic rings. The quantitative estimate of drug-likeness (QED) is 0.576. The highest BCUT2D eigenvalue weighted by molar-refractivity contribution is 5.97. The molecular formula is C27H36N4O3. The molecule has 2 aromatic carbocycles. The Morgan fingerprint density at radius 1 is 0.971 bits per heavy atom. The lowest BCUT2D eigenvalue weighted by atomic mass is 9.95. The number of piperidine rings is 1. The number of nitrogens with one attached hydrogen (secondary N) is 3. The zero-order valence-corrected chi connectivity index (χ0v) is 20.6. The van der Waals surface area contributed by atoms with Crippen molar-refractivity contribution < 1.29 is 14.4 Å². The molecule has 7 nitrogen and oxygen atoms in total. The molecule has 3 rings (SSSR count). The highest BCUT2D eigenvalue weighted by atomic mass is 16.2. The lowest BCUT2D eigenvalue weighted by Crippen LogP contribution is -2.54. The van der Waals surface area contributed by atoms with E-state index in [1.807, 2.05) is 69.0 Å². The summed E-state index contributed by atoms with van der Waals surface area (Å²) in [7, 11) is 0. The molecule has 34 heavy (non-hydrogen) atoms. The Kier molecular flexibility index (Phi) is 8.68. The van der Waals surface area contributed by atoms with Crippen molar-refractivity contribution in [2.24, 2.45) is 11.8 Å². The molecule has 0 saturated carbocycles. The third kappa shape index (κ3) is 7.07. The average molecular weight is 465 g/mol. The fourth-order valence-corrected chi connectivity index (χ4v) is 4.12. The van der Waals surface area contributed by atoms with Crippen LogP contribution in [0.5, 0.6) is 0 Å². The smallest absolute Gasteiger partial charge is 0.319 e. The highest BCUT2D eigenvalue weighted by Crippen LogP contribution is 2.19. The van der Waals surface area contributed by atoms with E-state index in [0.29, 0.717) is 25.2 Å². The first-order valence-electron chi connectivity index (χ1n) is 12.0. The molecule has 1 heterocycles. The molecule has 1 saturated heterocycles. The van der Waals surface area contributed by atoms with Crippen LogP contribution in [0.4, 0.5) is 10.5 Å². The minimum absolute atomic E-state index is 0.0410. The van der Waals surface area contributed by atoms with Crippen molar-refractivity contribution >= 4 is 23.5 Å². The van der Waals surface area contributed by atoms with Crippen molar-refractivity contribution in [3.63, 3.8) is 0 Å². The molecule has 0 unspecified atom stereocenters. The van der Waals surface area contributed by atoms with Gasteiger partial charge >= 0.3 is 6.03 Å². The zero-order valence-electron chi connectivity index (χ0n) is 20.6. The number of aryl methyl sites for hydroxylation is 2. The van der Waals surface area contributed by atoms with Gasteiger partial charge in [0.2, 0.25) is 5.91 Å². The van der Waals surface area contributed by atoms with Gasteiger partial charge in [-0.2, -0.15) is 0 Å². The highest BCUT2D eigenvalue weighted by Gasteiger charge is 2.32. The molecule has 4 amide bonds. The van der Waals surface area contributed by atoms with Gasteiger partial charge in [0.1, 0.15) is 6.04 Å². The second kappa shape index (κ2) is 11.7. The van der Waals surface area contributed by atoms with Gasteiger partial charge in [0.15, 0.2) is 0 Å². The first kappa shape index (κ1) is 25.3. The predicted octanol–water partition coefficient (Wildman–Crippen LogP) is 4.12. The number of rotatable bonds is 7. The normalized spacial score (nSPS) is 16.6. The van der Waals surface area contributed by atoms with Gasteiger partial charge in [-0.15, -0.1) is 0 Å². The maximum atomic E-state index is 13.3. The largest absolute Gasteiger partial charge is 0.341 e. The molecule has 7 heteroatoms. The van der Waals surface area contributed by atoms with Gasteiger partial charge in [0.25, 0.3) is 5.91 Å². The summed E-state index contributed by atoms with van der Waals surface area (Å²) in [5.74, 6) is -0.179. The number of anilines is 1. The van der Waals surface area contributed by atoms with Crippen molar-refractivity contribution in [3.8, 4) is 0 Å². The van der Waals surface area contributed by atoms with Crippen LogP contribution in [0.15, 0.2) is 48.5 Å². The summed E-state index contributed by atoms with van der Waals surface area (Å²) in [6.45, 7) is 9.56. The number of urea groups is 1. The van der Waals surface area contributed by atoms with Crippen LogP contribution in [0.2, 0.25) is 0 Å². The average Bonchev–Trinajstić information content (AvgIpc) is 2.82. The number of nitrogens with zero attached hydrogens (tertiary/aromatic N) is 1. The summed E-state index contributed by atoms with van der Waals surface area (Å²) >= 11 is 0. The molecule has 182 valence electrons. The second-order valence-electron chi connectivity index (χ2n) is 9.55. The van der Waals surface area contributed by atoms with E-state index < -0.39 is 6.04 Å². The molecule has 2 aromatic rings. The van der Waals surface area contributed by atoms with E-state index in [9.17, 15) is 14.4 Å². The topological polar surface area (TPSA) is 90.5 Å². The van der Waals surface area contributed by atoms with Crippen molar-refractivity contribution in [2.75, 3.05) is 25.0 Å². The van der Waals surface area contributed by atoms with Gasteiger partial charge in [-0.3, -0.25) is 9.59 Å². The van der Waals surface area contributed by atoms with Crippen molar-refractivity contribution in [3.05, 3.63) is 65.2 Å². The molecule has 0 aromatic heterocycles. The maximum Gasteiger partial charge on any atom is 0.319 e. The third-order valence-corrected chi connectivity index (χ3v) is 6.22. The molecule has 0 aliphatic carbocycles. The van der Waals surface area contributed by atoms with Crippen LogP contribution in [0, 0.1) is 25.7 Å². The first-order valence-corrected chi connectivity index (χ1v) is 12.0. The lowest BCUT2D eigenvalue weighted by Gasteiger charge is -2.36. The fourth-order valence-electron chi connectivity index (χ4n) is 4.12. The van der Waals surface area contributed by atoms with Gasteiger partial charge in [0.05, 0.1) is 0 Å². The van der Waals surface area contributed by atoms with Crippen LogP contribution in [0.3, 0.4) is 0 Å². The second-order valence-corrected chi connectivity index (χ2v) is 9.55. The number of hydrogen-bond donors (Lipinski definition) is 3. The van der Waals surface area contributed by atoms with Crippen molar-refractivity contribution in [2.45, 2.75) is 46.6 Å². The molecule has 1 fully saturated rings. The van der Waals surface area contributed by atoms with Crippen LogP contribution < -0.4 is 16.0 Å². The number of amides is 4. The minimum Gasteiger partial charge on any atom is -0.341 e. The van der Waals surface area contributed by atoms with E-state index in [1.54, 1.807) is 12.1 Å². The zero-order chi connectivity index (χ0) is 24.7. The molecule has 0 spiro atoms. The Hall–Kier alpha value is -3.35. The van der Waals surface area contributed by atoms with Gasteiger partial charge in [-0.25, -0.2) is 4.79 Å². The lowest BCUT2D eigenvalue weighted by molar-refractivity contribution is -0.136. The minimum atomic E-state index is -0.592. The number of likely N-dealkylation sites (tertiary alicyclic amines) is 1. The van der Waals surface area contributed by atoms with Gasteiger partial charge in [0, 0.05) is 30.9 Å². The van der Waals surface area contributed by atoms with Crippen LogP contribution in [-0.2, 0) is 4.79 Å². The maximum absolute atomic E-state index is 13.3. The molecular weight excluding hydrogens is 428 g/mol. The van der Waals surface area contributed by atoms with Crippen LogP contribution in [0.1, 0.15) is 48.2 Å². The summed E-state index contributed by atoms with van der Waals surface area (Å²) < 4.78 is 0. The van der Waals surface area contributed by atoms with Gasteiger partial charge in [-0.05, 0) is 62.8 Å². The molecule has 1 aliphatic heterocycles. The van der Waals surface area contributed by atoms with E-state index in [0.717, 1.165) is 29.7 Å². The third-order valence-electron chi connectivity index (χ3n) is 6.22. The molecule has 0 radical (unpaired) electrons. The summed E-state index contributed by atoms with van der Waals surface area (Å²) in [6.07, 6.45) is 1.81. The first-order chi connectivity index (χ1) is 16.2. The summed E-state index contributed by atoms with van der Waals surface area (Å²) in [6, 6.07) is 14.1. The van der Waals surface area contributed by atoms with Crippen LogP contribution in [-0.4, -0.2) is 48.4 Å². The Balaban J connectivity index is 1.53. The van der Waals surface area contributed by atoms with E-state index in [2.05, 4.69) is 16.0 Å². The van der Waals surface area contributed by atoms with Crippen LogP contribution in [0.25, 0.3) is 0 Å². The fraction of sp³-hybridized carbons (Fsp3) is 0.444. The van der Waals surface area contributed by atoms with Crippen LogP contribution >= 0.6 is 0 Å². The molecule has 2 atom stereocenters. The van der Waals surface area contributed by atoms with E-state index in [1.165, 1.54) is 0 Å².